The van der Waals surface area contributed by atoms with Crippen molar-refractivity contribution in [1.29, 1.82) is 0 Å². The molecule has 1 unspecified atom stereocenters. The van der Waals surface area contributed by atoms with Gasteiger partial charge in [0.25, 0.3) is 0 Å². The van der Waals surface area contributed by atoms with Crippen LogP contribution in [0.5, 0.6) is 0 Å². The zero-order valence-electron chi connectivity index (χ0n) is 15.1. The first kappa shape index (κ1) is 16.3. The van der Waals surface area contributed by atoms with Gasteiger partial charge in [0.15, 0.2) is 0 Å². The number of amides is 1. The Hall–Kier alpha value is -1.84. The molecule has 1 heterocycles. The van der Waals surface area contributed by atoms with Crippen LogP contribution in [0.1, 0.15) is 69.6 Å². The van der Waals surface area contributed by atoms with Crippen LogP contribution in [0, 0.1) is 11.3 Å². The van der Waals surface area contributed by atoms with Crippen molar-refractivity contribution in [1.82, 2.24) is 5.32 Å². The van der Waals surface area contributed by atoms with Crippen molar-refractivity contribution in [3.05, 3.63) is 36.1 Å². The summed E-state index contributed by atoms with van der Waals surface area (Å²) in [6.07, 6.45) is 7.64. The average molecular weight is 355 g/mol. The molecule has 2 bridgehead atoms. The third kappa shape index (κ3) is 2.57. The van der Waals surface area contributed by atoms with Crippen molar-refractivity contribution in [2.24, 2.45) is 11.3 Å². The predicted octanol–water partition coefficient (Wildman–Crippen LogP) is 5.45. The van der Waals surface area contributed by atoms with Crippen molar-refractivity contribution >= 4 is 16.9 Å². The summed E-state index contributed by atoms with van der Waals surface area (Å²) in [7, 11) is 0. The van der Waals surface area contributed by atoms with Gasteiger partial charge in [-0.25, -0.2) is 4.39 Å². The molecule has 0 aliphatic heterocycles. The van der Waals surface area contributed by atoms with Crippen molar-refractivity contribution in [3.8, 4) is 0 Å². The highest BCUT2D eigenvalue weighted by atomic mass is 19.1. The van der Waals surface area contributed by atoms with Gasteiger partial charge < -0.3 is 9.73 Å². The largest absolute Gasteiger partial charge is 0.459 e. The lowest BCUT2D eigenvalue weighted by atomic mass is 9.76. The van der Waals surface area contributed by atoms with Gasteiger partial charge in [-0.15, -0.1) is 0 Å². The number of halogens is 1. The molecule has 4 heteroatoms. The van der Waals surface area contributed by atoms with Crippen molar-refractivity contribution in [2.45, 2.75) is 69.5 Å². The number of carbonyl (C=O) groups is 1. The molecule has 138 valence electrons. The molecule has 2 aromatic rings. The van der Waals surface area contributed by atoms with Gasteiger partial charge in [0.2, 0.25) is 5.91 Å². The molecule has 0 saturated heterocycles. The molecule has 3 fully saturated rings. The minimum atomic E-state index is -1.04. The lowest BCUT2D eigenvalue weighted by Gasteiger charge is -2.35. The fourth-order valence-electron chi connectivity index (χ4n) is 5.69. The number of nitrogens with one attached hydrogen (secondary N) is 1. The van der Waals surface area contributed by atoms with Crippen LogP contribution in [0.15, 0.2) is 34.7 Å². The molecule has 0 spiro atoms. The molecule has 1 atom stereocenters. The Morgan fingerprint density at radius 3 is 2.54 bits per heavy atom. The maximum atomic E-state index is 14.9. The number of carbonyl (C=O) groups excluding carboxylic acids is 1. The van der Waals surface area contributed by atoms with Gasteiger partial charge in [-0.3, -0.25) is 4.79 Å². The predicted molar refractivity (Wildman–Crippen MR) is 98.4 cm³/mol. The van der Waals surface area contributed by atoms with E-state index in [1.165, 1.54) is 0 Å². The van der Waals surface area contributed by atoms with Gasteiger partial charge in [-0.2, -0.15) is 0 Å². The third-order valence-corrected chi connectivity index (χ3v) is 7.16. The van der Waals surface area contributed by atoms with E-state index in [0.717, 1.165) is 55.3 Å². The summed E-state index contributed by atoms with van der Waals surface area (Å²) >= 11 is 0. The monoisotopic (exact) mass is 355 g/mol. The van der Waals surface area contributed by atoms with E-state index in [-0.39, 0.29) is 23.3 Å². The summed E-state index contributed by atoms with van der Waals surface area (Å²) in [5, 5.41) is 4.36. The number of rotatable bonds is 4. The summed E-state index contributed by atoms with van der Waals surface area (Å²) in [4.78, 5) is 12.9. The van der Waals surface area contributed by atoms with Crippen LogP contribution in [0.4, 0.5) is 4.39 Å². The number of benzene rings is 1. The molecule has 3 aliphatic rings. The van der Waals surface area contributed by atoms with Gasteiger partial charge in [-0.1, -0.05) is 31.0 Å². The lowest BCUT2D eigenvalue weighted by Crippen LogP contribution is -2.41. The van der Waals surface area contributed by atoms with Crippen LogP contribution in [0.3, 0.4) is 0 Å². The summed E-state index contributed by atoms with van der Waals surface area (Å²) in [5.74, 6) is 1.03. The van der Waals surface area contributed by atoms with Crippen LogP contribution < -0.4 is 5.32 Å². The highest BCUT2D eigenvalue weighted by Crippen LogP contribution is 2.63. The second-order valence-corrected chi connectivity index (χ2v) is 8.80. The zero-order valence-corrected chi connectivity index (χ0v) is 15.1. The van der Waals surface area contributed by atoms with E-state index in [9.17, 15) is 9.18 Å². The van der Waals surface area contributed by atoms with Crippen LogP contribution in [0.25, 0.3) is 11.0 Å². The molecule has 1 N–H and O–H groups in total. The fourth-order valence-corrected chi connectivity index (χ4v) is 5.69. The van der Waals surface area contributed by atoms with Gasteiger partial charge in [0.1, 0.15) is 17.0 Å². The van der Waals surface area contributed by atoms with E-state index < -0.39 is 5.67 Å². The highest BCUT2D eigenvalue weighted by molar-refractivity contribution is 5.80. The molecular formula is C22H26FNO2. The van der Waals surface area contributed by atoms with Gasteiger partial charge >= 0.3 is 0 Å². The summed E-state index contributed by atoms with van der Waals surface area (Å²) in [6.45, 7) is 0. The number of hydrogen-bond acceptors (Lipinski definition) is 2. The number of furan rings is 1. The van der Waals surface area contributed by atoms with E-state index in [2.05, 4.69) is 5.32 Å². The molecule has 1 aromatic heterocycles. The second-order valence-electron chi connectivity index (χ2n) is 8.80. The zero-order chi connectivity index (χ0) is 17.8. The molecule has 1 aromatic carbocycles. The van der Waals surface area contributed by atoms with E-state index >= 15 is 0 Å². The number of hydrogen-bond donors (Lipinski definition) is 1. The topological polar surface area (TPSA) is 42.2 Å². The molecule has 3 saturated carbocycles. The molecule has 26 heavy (non-hydrogen) atoms. The van der Waals surface area contributed by atoms with E-state index in [1.807, 2.05) is 30.3 Å². The molecule has 3 aliphatic carbocycles. The Labute approximate surface area is 153 Å². The maximum Gasteiger partial charge on any atom is 0.223 e. The Morgan fingerprint density at radius 2 is 1.88 bits per heavy atom. The van der Waals surface area contributed by atoms with E-state index in [0.29, 0.717) is 19.3 Å². The molecule has 1 amide bonds. The Bertz CT molecular complexity index is 795. The second kappa shape index (κ2) is 5.83. The van der Waals surface area contributed by atoms with E-state index in [4.69, 9.17) is 4.42 Å². The molecule has 3 nitrogen and oxygen atoms in total. The Balaban J connectivity index is 1.51. The molecule has 5 rings (SSSR count). The van der Waals surface area contributed by atoms with Gasteiger partial charge in [-0.05, 0) is 57.1 Å². The quantitative estimate of drug-likeness (QED) is 0.792. The van der Waals surface area contributed by atoms with Crippen LogP contribution in [0.2, 0.25) is 0 Å². The highest BCUT2D eigenvalue weighted by Gasteiger charge is 2.59. The summed E-state index contributed by atoms with van der Waals surface area (Å²) in [5.41, 5.74) is -0.402. The van der Waals surface area contributed by atoms with Gasteiger partial charge in [0.05, 0.1) is 6.04 Å². The Kier molecular flexibility index (Phi) is 3.67. The van der Waals surface area contributed by atoms with Crippen molar-refractivity contribution in [2.75, 3.05) is 0 Å². The third-order valence-electron chi connectivity index (χ3n) is 7.16. The standard InChI is InChI=1S/C22H26FNO2/c23-22-11-9-21(14-22,10-12-22)19(24-20(25)15-5-1-2-6-15)18-13-16-7-3-4-8-17(16)26-18/h3-4,7-8,13,15,19H,1-2,5-6,9-12,14H2,(H,24,25). The van der Waals surface area contributed by atoms with Crippen LogP contribution >= 0.6 is 0 Å². The summed E-state index contributed by atoms with van der Waals surface area (Å²) in [6, 6.07) is 9.75. The normalized spacial score (nSPS) is 32.3. The lowest BCUT2D eigenvalue weighted by molar-refractivity contribution is -0.126. The average Bonchev–Trinajstić information content (AvgIpc) is 3.40. The SMILES string of the molecule is O=C(NC(c1cc2ccccc2o1)C12CCC(F)(CC1)C2)C1CCCC1. The molecule has 0 radical (unpaired) electrons. The van der Waals surface area contributed by atoms with Crippen molar-refractivity contribution in [3.63, 3.8) is 0 Å². The minimum Gasteiger partial charge on any atom is -0.459 e. The van der Waals surface area contributed by atoms with Crippen LogP contribution in [-0.2, 0) is 4.79 Å². The first-order valence-corrected chi connectivity index (χ1v) is 10.0. The number of fused-ring (bicyclic) bond motifs is 3. The van der Waals surface area contributed by atoms with Crippen molar-refractivity contribution < 1.29 is 13.6 Å². The minimum absolute atomic E-state index is 0.108. The first-order chi connectivity index (χ1) is 12.6. The summed E-state index contributed by atoms with van der Waals surface area (Å²) < 4.78 is 21.1. The smallest absolute Gasteiger partial charge is 0.223 e. The van der Waals surface area contributed by atoms with E-state index in [1.54, 1.807) is 0 Å². The number of alkyl halides is 1. The fraction of sp³-hybridized carbons (Fsp3) is 0.591. The maximum absolute atomic E-state index is 14.9. The number of para-hydroxylation sites is 1. The van der Waals surface area contributed by atoms with Crippen LogP contribution in [-0.4, -0.2) is 11.6 Å². The Morgan fingerprint density at radius 1 is 1.15 bits per heavy atom. The van der Waals surface area contributed by atoms with Gasteiger partial charge in [0, 0.05) is 16.7 Å². The molecular weight excluding hydrogens is 329 g/mol. The first-order valence-electron chi connectivity index (χ1n) is 10.0.